The Morgan fingerprint density at radius 1 is 1.53 bits per heavy atom. The molecule has 3 heteroatoms. The summed E-state index contributed by atoms with van der Waals surface area (Å²) in [6.07, 6.45) is 0.903. The molecule has 1 aliphatic rings. The van der Waals surface area contributed by atoms with Gasteiger partial charge in [0.15, 0.2) is 0 Å². The van der Waals surface area contributed by atoms with Gasteiger partial charge < -0.3 is 10.4 Å². The lowest BCUT2D eigenvalue weighted by atomic mass is 9.91. The van der Waals surface area contributed by atoms with Crippen molar-refractivity contribution in [3.63, 3.8) is 0 Å². The third-order valence-corrected chi connectivity index (χ3v) is 2.96. The van der Waals surface area contributed by atoms with Crippen LogP contribution in [0.15, 0.2) is 24.3 Å². The van der Waals surface area contributed by atoms with Crippen molar-refractivity contribution in [1.82, 2.24) is 5.32 Å². The van der Waals surface area contributed by atoms with Crippen LogP contribution in [0.25, 0.3) is 0 Å². The molecule has 0 saturated carbocycles. The van der Waals surface area contributed by atoms with Crippen LogP contribution in [0.4, 0.5) is 0 Å². The van der Waals surface area contributed by atoms with Gasteiger partial charge in [0.2, 0.25) is 0 Å². The van der Waals surface area contributed by atoms with Crippen molar-refractivity contribution in [3.8, 4) is 0 Å². The van der Waals surface area contributed by atoms with Gasteiger partial charge in [0.05, 0.1) is 0 Å². The maximum Gasteiger partial charge on any atom is 0.321 e. The number of carbonyl (C=O) groups is 1. The van der Waals surface area contributed by atoms with E-state index in [4.69, 9.17) is 5.11 Å². The molecule has 2 rings (SSSR count). The maximum atomic E-state index is 11.0. The normalized spacial score (nSPS) is 25.4. The van der Waals surface area contributed by atoms with Crippen molar-refractivity contribution in [2.24, 2.45) is 0 Å². The molecule has 0 unspecified atom stereocenters. The minimum absolute atomic E-state index is 0.113. The Balaban J connectivity index is 2.26. The highest BCUT2D eigenvalue weighted by molar-refractivity contribution is 5.75. The fourth-order valence-corrected chi connectivity index (χ4v) is 2.22. The van der Waals surface area contributed by atoms with E-state index in [-0.39, 0.29) is 5.92 Å². The molecule has 1 fully saturated rings. The van der Waals surface area contributed by atoms with Crippen molar-refractivity contribution in [1.29, 1.82) is 0 Å². The SMILES string of the molecule is Cc1cccc([C@@H]2CCN[C@H]2C(=O)O)c1. The van der Waals surface area contributed by atoms with Gasteiger partial charge in [0.25, 0.3) is 0 Å². The van der Waals surface area contributed by atoms with Gasteiger partial charge in [-0.2, -0.15) is 0 Å². The summed E-state index contributed by atoms with van der Waals surface area (Å²) >= 11 is 0. The summed E-state index contributed by atoms with van der Waals surface area (Å²) in [7, 11) is 0. The second-order valence-corrected chi connectivity index (χ2v) is 4.08. The Morgan fingerprint density at radius 2 is 2.33 bits per heavy atom. The molecule has 1 aromatic rings. The first kappa shape index (κ1) is 10.2. The highest BCUT2D eigenvalue weighted by Gasteiger charge is 2.33. The summed E-state index contributed by atoms with van der Waals surface area (Å²) in [5.41, 5.74) is 2.32. The second-order valence-electron chi connectivity index (χ2n) is 4.08. The first-order valence-corrected chi connectivity index (χ1v) is 5.21. The van der Waals surface area contributed by atoms with E-state index in [0.717, 1.165) is 18.5 Å². The van der Waals surface area contributed by atoms with Gasteiger partial charge in [0.1, 0.15) is 6.04 Å². The molecule has 0 aliphatic carbocycles. The predicted molar refractivity (Wildman–Crippen MR) is 58.0 cm³/mol. The van der Waals surface area contributed by atoms with Crippen molar-refractivity contribution in [2.45, 2.75) is 25.3 Å². The highest BCUT2D eigenvalue weighted by Crippen LogP contribution is 2.28. The smallest absolute Gasteiger partial charge is 0.321 e. The van der Waals surface area contributed by atoms with Gasteiger partial charge in [-0.25, -0.2) is 0 Å². The van der Waals surface area contributed by atoms with E-state index >= 15 is 0 Å². The Labute approximate surface area is 89.1 Å². The molecule has 3 nitrogen and oxygen atoms in total. The number of hydrogen-bond acceptors (Lipinski definition) is 2. The molecular weight excluding hydrogens is 190 g/mol. The largest absolute Gasteiger partial charge is 0.480 e. The quantitative estimate of drug-likeness (QED) is 0.769. The number of carboxylic acids is 1. The summed E-state index contributed by atoms with van der Waals surface area (Å²) in [4.78, 5) is 11.0. The van der Waals surface area contributed by atoms with Gasteiger partial charge in [-0.3, -0.25) is 4.79 Å². The second kappa shape index (κ2) is 4.03. The molecule has 1 saturated heterocycles. The van der Waals surface area contributed by atoms with Crippen LogP contribution in [-0.2, 0) is 4.79 Å². The van der Waals surface area contributed by atoms with Crippen molar-refractivity contribution in [2.75, 3.05) is 6.54 Å². The summed E-state index contributed by atoms with van der Waals surface area (Å²) < 4.78 is 0. The first-order valence-electron chi connectivity index (χ1n) is 5.21. The third kappa shape index (κ3) is 2.02. The number of carboxylic acid groups (broad SMARTS) is 1. The summed E-state index contributed by atoms with van der Waals surface area (Å²) in [6, 6.07) is 7.68. The van der Waals surface area contributed by atoms with Gasteiger partial charge in [-0.15, -0.1) is 0 Å². The van der Waals surface area contributed by atoms with Crippen molar-refractivity contribution in [3.05, 3.63) is 35.4 Å². The minimum Gasteiger partial charge on any atom is -0.480 e. The van der Waals surface area contributed by atoms with Crippen LogP contribution >= 0.6 is 0 Å². The van der Waals surface area contributed by atoms with Gasteiger partial charge >= 0.3 is 5.97 Å². The third-order valence-electron chi connectivity index (χ3n) is 2.96. The zero-order valence-electron chi connectivity index (χ0n) is 8.73. The number of nitrogens with one attached hydrogen (secondary N) is 1. The highest BCUT2D eigenvalue weighted by atomic mass is 16.4. The lowest BCUT2D eigenvalue weighted by molar-refractivity contribution is -0.139. The van der Waals surface area contributed by atoms with Crippen LogP contribution in [0.2, 0.25) is 0 Å². The first-order chi connectivity index (χ1) is 7.18. The molecule has 0 spiro atoms. The topological polar surface area (TPSA) is 49.3 Å². The van der Waals surface area contributed by atoms with E-state index in [0.29, 0.717) is 0 Å². The van der Waals surface area contributed by atoms with Crippen LogP contribution in [0, 0.1) is 6.92 Å². The molecule has 80 valence electrons. The van der Waals surface area contributed by atoms with E-state index in [2.05, 4.69) is 11.4 Å². The molecule has 0 aromatic heterocycles. The monoisotopic (exact) mass is 205 g/mol. The van der Waals surface area contributed by atoms with Crippen LogP contribution in [0.5, 0.6) is 0 Å². The Bertz CT molecular complexity index is 376. The lowest BCUT2D eigenvalue weighted by Crippen LogP contribution is -2.34. The summed E-state index contributed by atoms with van der Waals surface area (Å²) in [5.74, 6) is -0.638. The summed E-state index contributed by atoms with van der Waals surface area (Å²) in [6.45, 7) is 2.82. The fraction of sp³-hybridized carbons (Fsp3) is 0.417. The Hall–Kier alpha value is -1.35. The number of rotatable bonds is 2. The van der Waals surface area contributed by atoms with Crippen LogP contribution in [0.3, 0.4) is 0 Å². The maximum absolute atomic E-state index is 11.0. The minimum atomic E-state index is -0.751. The number of hydrogen-bond donors (Lipinski definition) is 2. The van der Waals surface area contributed by atoms with E-state index in [1.54, 1.807) is 0 Å². The Morgan fingerprint density at radius 3 is 3.00 bits per heavy atom. The average Bonchev–Trinajstić information content (AvgIpc) is 2.65. The van der Waals surface area contributed by atoms with Gasteiger partial charge in [0, 0.05) is 5.92 Å². The van der Waals surface area contributed by atoms with Crippen LogP contribution in [-0.4, -0.2) is 23.7 Å². The Kier molecular flexibility index (Phi) is 2.73. The molecular formula is C12H15NO2. The zero-order valence-corrected chi connectivity index (χ0v) is 8.73. The summed E-state index contributed by atoms with van der Waals surface area (Å²) in [5, 5.41) is 12.1. The molecule has 0 bridgehead atoms. The zero-order chi connectivity index (χ0) is 10.8. The van der Waals surface area contributed by atoms with Crippen LogP contribution in [0.1, 0.15) is 23.5 Å². The van der Waals surface area contributed by atoms with Gasteiger partial charge in [-0.05, 0) is 25.5 Å². The van der Waals surface area contributed by atoms with E-state index in [1.165, 1.54) is 5.56 Å². The fourth-order valence-electron chi connectivity index (χ4n) is 2.22. The molecule has 0 radical (unpaired) electrons. The molecule has 0 amide bonds. The molecule has 2 atom stereocenters. The molecule has 1 aromatic carbocycles. The number of aliphatic carboxylic acids is 1. The van der Waals surface area contributed by atoms with Gasteiger partial charge in [-0.1, -0.05) is 29.8 Å². The number of aryl methyl sites for hydroxylation is 1. The average molecular weight is 205 g/mol. The van der Waals surface area contributed by atoms with E-state index < -0.39 is 12.0 Å². The van der Waals surface area contributed by atoms with Crippen LogP contribution < -0.4 is 5.32 Å². The predicted octanol–water partition coefficient (Wildman–Crippen LogP) is 1.53. The molecule has 15 heavy (non-hydrogen) atoms. The van der Waals surface area contributed by atoms with E-state index in [9.17, 15) is 4.79 Å². The van der Waals surface area contributed by atoms with Crippen molar-refractivity contribution >= 4 is 5.97 Å². The van der Waals surface area contributed by atoms with E-state index in [1.807, 2.05) is 25.1 Å². The molecule has 2 N–H and O–H groups in total. The number of benzene rings is 1. The molecule has 1 aliphatic heterocycles. The van der Waals surface area contributed by atoms with Crippen molar-refractivity contribution < 1.29 is 9.90 Å². The lowest BCUT2D eigenvalue weighted by Gasteiger charge is -2.16. The molecule has 1 heterocycles. The standard InChI is InChI=1S/C12H15NO2/c1-8-3-2-4-9(7-8)10-5-6-13-11(10)12(14)15/h2-4,7,10-11,13H,5-6H2,1H3,(H,14,15)/t10-,11+/m0/s1.